The van der Waals surface area contributed by atoms with E-state index >= 15 is 0 Å². The van der Waals surface area contributed by atoms with Gasteiger partial charge in [0.05, 0.1) is 13.7 Å². The Morgan fingerprint density at radius 2 is 2.24 bits per heavy atom. The van der Waals surface area contributed by atoms with Crippen molar-refractivity contribution < 1.29 is 9.47 Å². The lowest BCUT2D eigenvalue weighted by Crippen LogP contribution is -2.33. The summed E-state index contributed by atoms with van der Waals surface area (Å²) in [6.07, 6.45) is 5.81. The maximum atomic E-state index is 5.35. The van der Waals surface area contributed by atoms with Crippen LogP contribution in [0.3, 0.4) is 0 Å². The normalized spacial score (nSPS) is 19.4. The van der Waals surface area contributed by atoms with Crippen molar-refractivity contribution in [3.63, 3.8) is 0 Å². The average Bonchev–Trinajstić information content (AvgIpc) is 3.12. The Bertz CT molecular complexity index is 593. The quantitative estimate of drug-likeness (QED) is 0.888. The molecule has 1 unspecified atom stereocenters. The van der Waals surface area contributed by atoms with E-state index in [-0.39, 0.29) is 0 Å². The van der Waals surface area contributed by atoms with E-state index < -0.39 is 0 Å². The molecule has 0 bridgehead atoms. The fraction of sp³-hybridized carbons (Fsp3) is 0.529. The van der Waals surface area contributed by atoms with Gasteiger partial charge in [-0.05, 0) is 49.6 Å². The van der Waals surface area contributed by atoms with Gasteiger partial charge >= 0.3 is 0 Å². The van der Waals surface area contributed by atoms with Crippen LogP contribution in [0.1, 0.15) is 18.4 Å². The fourth-order valence-corrected chi connectivity index (χ4v) is 3.34. The molecule has 1 aliphatic heterocycles. The van der Waals surface area contributed by atoms with E-state index in [9.17, 15) is 0 Å². The first-order valence-corrected chi connectivity index (χ1v) is 7.69. The highest BCUT2D eigenvalue weighted by Crippen LogP contribution is 2.27. The number of rotatable bonds is 6. The second-order valence-corrected chi connectivity index (χ2v) is 5.75. The van der Waals surface area contributed by atoms with Crippen LogP contribution in [0, 0.1) is 0 Å². The molecular weight excluding hydrogens is 264 g/mol. The molecule has 0 radical (unpaired) electrons. The molecule has 4 heteroatoms. The molecule has 1 aliphatic rings. The highest BCUT2D eigenvalue weighted by atomic mass is 16.5. The van der Waals surface area contributed by atoms with Gasteiger partial charge in [0.15, 0.2) is 0 Å². The number of aromatic amines is 1. The van der Waals surface area contributed by atoms with Gasteiger partial charge in [0.25, 0.3) is 0 Å². The number of fused-ring (bicyclic) bond motifs is 1. The first-order chi connectivity index (χ1) is 10.3. The van der Waals surface area contributed by atoms with Crippen molar-refractivity contribution in [1.82, 2.24) is 9.88 Å². The Balaban J connectivity index is 1.77. The summed E-state index contributed by atoms with van der Waals surface area (Å²) < 4.78 is 10.6. The highest BCUT2D eigenvalue weighted by Gasteiger charge is 2.25. The summed E-state index contributed by atoms with van der Waals surface area (Å²) in [6, 6.07) is 6.86. The van der Waals surface area contributed by atoms with Crippen LogP contribution in [-0.4, -0.2) is 49.8 Å². The van der Waals surface area contributed by atoms with E-state index in [0.717, 1.165) is 25.3 Å². The van der Waals surface area contributed by atoms with Gasteiger partial charge in [0, 0.05) is 36.8 Å². The minimum atomic E-state index is 0.630. The molecule has 1 fully saturated rings. The molecule has 0 amide bonds. The minimum absolute atomic E-state index is 0.630. The number of H-pyrrole nitrogens is 1. The smallest absolute Gasteiger partial charge is 0.119 e. The number of likely N-dealkylation sites (tertiary alicyclic amines) is 1. The standard InChI is InChI=1S/C17H24N2O2/c1-20-9-8-19-7-3-4-14(19)10-13-12-18-17-6-5-15(21-2)11-16(13)17/h5-6,11-12,14,18H,3-4,7-10H2,1-2H3. The molecule has 3 rings (SSSR count). The summed E-state index contributed by atoms with van der Waals surface area (Å²) in [5.74, 6) is 0.922. The van der Waals surface area contributed by atoms with Crippen LogP contribution in [0.25, 0.3) is 10.9 Å². The van der Waals surface area contributed by atoms with Gasteiger partial charge in [-0.3, -0.25) is 4.90 Å². The third kappa shape index (κ3) is 3.06. The second kappa shape index (κ2) is 6.50. The number of ether oxygens (including phenoxy) is 2. The third-order valence-electron chi connectivity index (χ3n) is 4.51. The van der Waals surface area contributed by atoms with Crippen molar-refractivity contribution >= 4 is 10.9 Å². The molecule has 4 nitrogen and oxygen atoms in total. The van der Waals surface area contributed by atoms with Crippen molar-refractivity contribution in [2.75, 3.05) is 33.9 Å². The van der Waals surface area contributed by atoms with Crippen LogP contribution in [0.2, 0.25) is 0 Å². The van der Waals surface area contributed by atoms with Gasteiger partial charge in [0.1, 0.15) is 5.75 Å². The van der Waals surface area contributed by atoms with Gasteiger partial charge in [-0.25, -0.2) is 0 Å². The summed E-state index contributed by atoms with van der Waals surface area (Å²) in [5.41, 5.74) is 2.57. The highest BCUT2D eigenvalue weighted by molar-refractivity contribution is 5.84. The molecular formula is C17H24N2O2. The number of aromatic nitrogens is 1. The van der Waals surface area contributed by atoms with Crippen molar-refractivity contribution in [3.05, 3.63) is 30.0 Å². The van der Waals surface area contributed by atoms with E-state index in [0.29, 0.717) is 6.04 Å². The van der Waals surface area contributed by atoms with Crippen LogP contribution in [0.15, 0.2) is 24.4 Å². The molecule has 1 aromatic carbocycles. The molecule has 1 atom stereocenters. The maximum Gasteiger partial charge on any atom is 0.119 e. The Hall–Kier alpha value is -1.52. The molecule has 0 saturated carbocycles. The Kier molecular flexibility index (Phi) is 4.46. The van der Waals surface area contributed by atoms with Gasteiger partial charge in [-0.2, -0.15) is 0 Å². The van der Waals surface area contributed by atoms with E-state index in [1.54, 1.807) is 14.2 Å². The van der Waals surface area contributed by atoms with Crippen LogP contribution in [0.5, 0.6) is 5.75 Å². The topological polar surface area (TPSA) is 37.5 Å². The summed E-state index contributed by atoms with van der Waals surface area (Å²) in [7, 11) is 3.49. The lowest BCUT2D eigenvalue weighted by Gasteiger charge is -2.23. The Morgan fingerprint density at radius 1 is 1.33 bits per heavy atom. The number of nitrogens with one attached hydrogen (secondary N) is 1. The number of hydrogen-bond acceptors (Lipinski definition) is 3. The molecule has 1 N–H and O–H groups in total. The van der Waals surface area contributed by atoms with E-state index in [2.05, 4.69) is 28.2 Å². The summed E-state index contributed by atoms with van der Waals surface area (Å²) in [6.45, 7) is 3.05. The van der Waals surface area contributed by atoms with Crippen LogP contribution in [0.4, 0.5) is 0 Å². The van der Waals surface area contributed by atoms with Gasteiger partial charge in [0.2, 0.25) is 0 Å². The SMILES string of the molecule is COCCN1CCCC1Cc1c[nH]c2ccc(OC)cc12. The predicted octanol–water partition coefficient (Wildman–Crippen LogP) is 2.83. The molecule has 21 heavy (non-hydrogen) atoms. The lowest BCUT2D eigenvalue weighted by molar-refractivity contribution is 0.141. The molecule has 114 valence electrons. The molecule has 0 aliphatic carbocycles. The largest absolute Gasteiger partial charge is 0.497 e. The zero-order valence-corrected chi connectivity index (χ0v) is 12.9. The van der Waals surface area contributed by atoms with Gasteiger partial charge < -0.3 is 14.5 Å². The molecule has 1 saturated heterocycles. The predicted molar refractivity (Wildman–Crippen MR) is 85.0 cm³/mol. The summed E-state index contributed by atoms with van der Waals surface area (Å²) >= 11 is 0. The van der Waals surface area contributed by atoms with E-state index in [1.807, 2.05) is 6.07 Å². The fourth-order valence-electron chi connectivity index (χ4n) is 3.34. The zero-order valence-electron chi connectivity index (χ0n) is 12.9. The number of methoxy groups -OCH3 is 2. The Morgan fingerprint density at radius 3 is 3.05 bits per heavy atom. The lowest BCUT2D eigenvalue weighted by atomic mass is 10.0. The molecule has 2 heterocycles. The maximum absolute atomic E-state index is 5.35. The van der Waals surface area contributed by atoms with Crippen LogP contribution in [-0.2, 0) is 11.2 Å². The van der Waals surface area contributed by atoms with E-state index in [4.69, 9.17) is 9.47 Å². The monoisotopic (exact) mass is 288 g/mol. The molecule has 2 aromatic rings. The molecule has 0 spiro atoms. The third-order valence-corrected chi connectivity index (χ3v) is 4.51. The zero-order chi connectivity index (χ0) is 14.7. The van der Waals surface area contributed by atoms with Crippen molar-refractivity contribution in [3.8, 4) is 5.75 Å². The number of hydrogen-bond donors (Lipinski definition) is 1. The number of nitrogens with zero attached hydrogens (tertiary/aromatic N) is 1. The molecule has 1 aromatic heterocycles. The van der Waals surface area contributed by atoms with Crippen molar-refractivity contribution in [2.45, 2.75) is 25.3 Å². The van der Waals surface area contributed by atoms with Gasteiger partial charge in [-0.15, -0.1) is 0 Å². The minimum Gasteiger partial charge on any atom is -0.497 e. The first kappa shape index (κ1) is 14.4. The average molecular weight is 288 g/mol. The van der Waals surface area contributed by atoms with Crippen LogP contribution >= 0.6 is 0 Å². The Labute approximate surface area is 126 Å². The number of benzene rings is 1. The summed E-state index contributed by atoms with van der Waals surface area (Å²) in [5, 5.41) is 1.29. The summed E-state index contributed by atoms with van der Waals surface area (Å²) in [4.78, 5) is 5.93. The van der Waals surface area contributed by atoms with Crippen LogP contribution < -0.4 is 4.74 Å². The van der Waals surface area contributed by atoms with Crippen molar-refractivity contribution in [1.29, 1.82) is 0 Å². The first-order valence-electron chi connectivity index (χ1n) is 7.69. The second-order valence-electron chi connectivity index (χ2n) is 5.75. The van der Waals surface area contributed by atoms with E-state index in [1.165, 1.54) is 35.9 Å². The van der Waals surface area contributed by atoms with Gasteiger partial charge in [-0.1, -0.05) is 0 Å². The van der Waals surface area contributed by atoms with Crippen molar-refractivity contribution in [2.24, 2.45) is 0 Å².